The highest BCUT2D eigenvalue weighted by atomic mass is 16.5. The van der Waals surface area contributed by atoms with Crippen LogP contribution in [0.2, 0.25) is 0 Å². The summed E-state index contributed by atoms with van der Waals surface area (Å²) in [6.07, 6.45) is 0. The van der Waals surface area contributed by atoms with Gasteiger partial charge in [-0.15, -0.1) is 0 Å². The minimum atomic E-state index is -0.315. The van der Waals surface area contributed by atoms with E-state index < -0.39 is 0 Å². The fourth-order valence-electron chi connectivity index (χ4n) is 2.75. The van der Waals surface area contributed by atoms with E-state index >= 15 is 0 Å². The minimum Gasteiger partial charge on any atom is -0.462 e. The molecule has 3 aromatic carbocycles. The molecule has 0 fully saturated rings. The second-order valence-corrected chi connectivity index (χ2v) is 6.47. The third kappa shape index (κ3) is 4.78. The molecular weight excluding hydrogens is 344 g/mol. The number of aryl methyl sites for hydroxylation is 1. The van der Waals surface area contributed by atoms with Gasteiger partial charge in [-0.2, -0.15) is 0 Å². The molecule has 0 radical (unpaired) electrons. The van der Waals surface area contributed by atoms with E-state index in [2.05, 4.69) is 49.6 Å². The summed E-state index contributed by atoms with van der Waals surface area (Å²) in [5, 5.41) is 0. The van der Waals surface area contributed by atoms with Crippen LogP contribution in [0.5, 0.6) is 0 Å². The van der Waals surface area contributed by atoms with Crippen LogP contribution >= 0.6 is 0 Å². The molecular formula is C26H22O2. The van der Waals surface area contributed by atoms with Crippen molar-refractivity contribution >= 4 is 11.5 Å². The van der Waals surface area contributed by atoms with Crippen molar-refractivity contribution in [2.45, 2.75) is 13.8 Å². The molecule has 28 heavy (non-hydrogen) atoms. The summed E-state index contributed by atoms with van der Waals surface area (Å²) < 4.78 is 4.99. The summed E-state index contributed by atoms with van der Waals surface area (Å²) in [7, 11) is 0. The van der Waals surface area contributed by atoms with Gasteiger partial charge >= 0.3 is 5.97 Å². The summed E-state index contributed by atoms with van der Waals surface area (Å²) in [5.74, 6) is 6.01. The Morgan fingerprint density at radius 2 is 1.50 bits per heavy atom. The van der Waals surface area contributed by atoms with Crippen LogP contribution in [0.4, 0.5) is 0 Å². The molecule has 0 bridgehead atoms. The van der Waals surface area contributed by atoms with Crippen LogP contribution in [0.1, 0.15) is 45.1 Å². The van der Waals surface area contributed by atoms with Crippen molar-refractivity contribution in [2.24, 2.45) is 0 Å². The Hall–Kier alpha value is -3.57. The summed E-state index contributed by atoms with van der Waals surface area (Å²) in [6, 6.07) is 23.5. The van der Waals surface area contributed by atoms with Crippen LogP contribution in [0.25, 0.3) is 5.57 Å². The maximum Gasteiger partial charge on any atom is 0.338 e. The lowest BCUT2D eigenvalue weighted by molar-refractivity contribution is 0.0526. The number of hydrogen-bond acceptors (Lipinski definition) is 2. The molecule has 3 aromatic rings. The highest BCUT2D eigenvalue weighted by molar-refractivity contribution is 5.89. The van der Waals surface area contributed by atoms with Gasteiger partial charge in [0.25, 0.3) is 0 Å². The quantitative estimate of drug-likeness (QED) is 0.442. The van der Waals surface area contributed by atoms with Gasteiger partial charge in [0.15, 0.2) is 0 Å². The zero-order valence-corrected chi connectivity index (χ0v) is 16.2. The number of carbonyl (C=O) groups excluding carboxylic acids is 1. The fraction of sp³-hybridized carbons (Fsp3) is 0.115. The van der Waals surface area contributed by atoms with Crippen LogP contribution in [0.15, 0.2) is 79.4 Å². The van der Waals surface area contributed by atoms with Gasteiger partial charge in [-0.3, -0.25) is 0 Å². The third-order valence-electron chi connectivity index (χ3n) is 4.36. The molecule has 138 valence electrons. The van der Waals surface area contributed by atoms with Crippen LogP contribution in [0.3, 0.4) is 0 Å². The maximum absolute atomic E-state index is 11.7. The number of hydrogen-bond donors (Lipinski definition) is 0. The second-order valence-electron chi connectivity index (χ2n) is 6.47. The zero-order chi connectivity index (χ0) is 19.9. The average Bonchev–Trinajstić information content (AvgIpc) is 2.73. The van der Waals surface area contributed by atoms with Gasteiger partial charge in [0, 0.05) is 11.1 Å². The third-order valence-corrected chi connectivity index (χ3v) is 4.36. The van der Waals surface area contributed by atoms with E-state index in [0.717, 1.165) is 27.8 Å². The Balaban J connectivity index is 1.77. The van der Waals surface area contributed by atoms with Gasteiger partial charge < -0.3 is 4.74 Å². The molecule has 0 saturated heterocycles. The summed E-state index contributed by atoms with van der Waals surface area (Å²) in [6.45, 7) is 8.46. The van der Waals surface area contributed by atoms with Crippen molar-refractivity contribution in [3.8, 4) is 11.8 Å². The Kier molecular flexibility index (Phi) is 6.09. The first kappa shape index (κ1) is 19.2. The highest BCUT2D eigenvalue weighted by Crippen LogP contribution is 2.22. The number of carbonyl (C=O) groups is 1. The topological polar surface area (TPSA) is 26.3 Å². The maximum atomic E-state index is 11.7. The average molecular weight is 366 g/mol. The van der Waals surface area contributed by atoms with Gasteiger partial charge in [0.1, 0.15) is 0 Å². The monoisotopic (exact) mass is 366 g/mol. The molecule has 0 amide bonds. The molecule has 0 heterocycles. The zero-order valence-electron chi connectivity index (χ0n) is 16.2. The van der Waals surface area contributed by atoms with E-state index in [1.165, 1.54) is 5.56 Å². The van der Waals surface area contributed by atoms with Crippen molar-refractivity contribution < 1.29 is 9.53 Å². The lowest BCUT2D eigenvalue weighted by atomic mass is 9.97. The SMILES string of the molecule is C=C(c1ccc(C)cc1)c1cccc(C#Cc2ccc(C(=O)OCC)cc2)c1. The molecule has 0 aliphatic rings. The molecule has 2 heteroatoms. The Morgan fingerprint density at radius 3 is 2.18 bits per heavy atom. The van der Waals surface area contributed by atoms with E-state index in [-0.39, 0.29) is 5.97 Å². The molecule has 3 rings (SSSR count). The number of ether oxygens (including phenoxy) is 1. The first-order valence-corrected chi connectivity index (χ1v) is 9.22. The fourth-order valence-corrected chi connectivity index (χ4v) is 2.75. The van der Waals surface area contributed by atoms with Crippen molar-refractivity contribution in [1.29, 1.82) is 0 Å². The Labute approximate surface area is 166 Å². The lowest BCUT2D eigenvalue weighted by Gasteiger charge is -2.07. The second kappa shape index (κ2) is 8.88. The Morgan fingerprint density at radius 1 is 0.857 bits per heavy atom. The van der Waals surface area contributed by atoms with Crippen molar-refractivity contribution in [2.75, 3.05) is 6.61 Å². The van der Waals surface area contributed by atoms with E-state index in [1.54, 1.807) is 19.1 Å². The minimum absolute atomic E-state index is 0.315. The standard InChI is InChI=1S/C26H22O2/c1-4-28-26(27)24-16-12-21(13-17-24)10-11-22-6-5-7-25(18-22)20(3)23-14-8-19(2)9-15-23/h5-9,12-18H,3-4H2,1-2H3. The van der Waals surface area contributed by atoms with Gasteiger partial charge in [-0.05, 0) is 66.9 Å². The Bertz CT molecular complexity index is 1050. The predicted molar refractivity (Wildman–Crippen MR) is 114 cm³/mol. The summed E-state index contributed by atoms with van der Waals surface area (Å²) in [5.41, 5.74) is 6.64. The molecule has 0 N–H and O–H groups in total. The molecule has 0 aliphatic carbocycles. The van der Waals surface area contributed by atoms with E-state index in [0.29, 0.717) is 12.2 Å². The molecule has 0 saturated carbocycles. The van der Waals surface area contributed by atoms with Crippen LogP contribution in [-0.4, -0.2) is 12.6 Å². The lowest BCUT2D eigenvalue weighted by Crippen LogP contribution is -2.04. The first-order chi connectivity index (χ1) is 13.6. The largest absolute Gasteiger partial charge is 0.462 e. The molecule has 2 nitrogen and oxygen atoms in total. The van der Waals surface area contributed by atoms with E-state index in [9.17, 15) is 4.79 Å². The molecule has 0 aliphatic heterocycles. The number of rotatable bonds is 4. The van der Waals surface area contributed by atoms with Gasteiger partial charge in [-0.1, -0.05) is 60.4 Å². The smallest absolute Gasteiger partial charge is 0.338 e. The van der Waals surface area contributed by atoms with E-state index in [1.807, 2.05) is 36.4 Å². The number of esters is 1. The first-order valence-electron chi connectivity index (χ1n) is 9.22. The molecule has 0 unspecified atom stereocenters. The van der Waals surface area contributed by atoms with Crippen LogP contribution in [-0.2, 0) is 4.74 Å². The van der Waals surface area contributed by atoms with Gasteiger partial charge in [0.05, 0.1) is 12.2 Å². The van der Waals surface area contributed by atoms with Crippen LogP contribution < -0.4 is 0 Å². The normalized spacial score (nSPS) is 9.93. The summed E-state index contributed by atoms with van der Waals surface area (Å²) in [4.78, 5) is 11.7. The molecule has 0 aromatic heterocycles. The predicted octanol–water partition coefficient (Wildman–Crippen LogP) is 5.63. The number of benzene rings is 3. The van der Waals surface area contributed by atoms with Crippen molar-refractivity contribution in [3.05, 3.63) is 113 Å². The van der Waals surface area contributed by atoms with Gasteiger partial charge in [-0.25, -0.2) is 4.79 Å². The molecule has 0 spiro atoms. The van der Waals surface area contributed by atoms with Crippen molar-refractivity contribution in [3.63, 3.8) is 0 Å². The van der Waals surface area contributed by atoms with E-state index in [4.69, 9.17) is 4.74 Å². The van der Waals surface area contributed by atoms with Crippen molar-refractivity contribution in [1.82, 2.24) is 0 Å². The van der Waals surface area contributed by atoms with Gasteiger partial charge in [0.2, 0.25) is 0 Å². The summed E-state index contributed by atoms with van der Waals surface area (Å²) >= 11 is 0. The molecule has 0 atom stereocenters. The highest BCUT2D eigenvalue weighted by Gasteiger charge is 2.05. The van der Waals surface area contributed by atoms with Crippen LogP contribution in [0, 0.1) is 18.8 Å².